The van der Waals surface area contributed by atoms with Gasteiger partial charge in [-0.2, -0.15) is 0 Å². The van der Waals surface area contributed by atoms with Crippen molar-refractivity contribution in [1.82, 2.24) is 5.32 Å². The minimum atomic E-state index is -0.469. The van der Waals surface area contributed by atoms with E-state index in [9.17, 15) is 14.3 Å². The molecule has 1 aliphatic carbocycles. The summed E-state index contributed by atoms with van der Waals surface area (Å²) in [6.45, 7) is -0.130. The number of nitrogens with one attached hydrogen (secondary N) is 1. The Bertz CT molecular complexity index is 421. The van der Waals surface area contributed by atoms with Gasteiger partial charge in [-0.25, -0.2) is 4.39 Å². The van der Waals surface area contributed by atoms with Gasteiger partial charge in [0.15, 0.2) is 6.61 Å². The van der Waals surface area contributed by atoms with Crippen LogP contribution in [-0.2, 0) is 4.79 Å². The van der Waals surface area contributed by atoms with Crippen LogP contribution in [0.5, 0.6) is 5.75 Å². The van der Waals surface area contributed by atoms with Crippen LogP contribution in [-0.4, -0.2) is 29.8 Å². The zero-order valence-corrected chi connectivity index (χ0v) is 10.6. The number of halogens is 1. The standard InChI is InChI=1S/C14H18FNO3/c15-10-5-7-11(8-6-10)19-9-14(18)16-12-3-1-2-4-13(12)17/h5-8,12-13,17H,1-4,9H2,(H,16,18)/t12-,13-/m1/s1. The number of amides is 1. The molecule has 1 fully saturated rings. The number of rotatable bonds is 4. The van der Waals surface area contributed by atoms with Gasteiger partial charge in [-0.3, -0.25) is 4.79 Å². The molecule has 5 heteroatoms. The third kappa shape index (κ3) is 4.21. The van der Waals surface area contributed by atoms with Gasteiger partial charge in [0.1, 0.15) is 11.6 Å². The molecule has 0 radical (unpaired) electrons. The molecule has 0 saturated heterocycles. The van der Waals surface area contributed by atoms with Gasteiger partial charge in [0.25, 0.3) is 5.91 Å². The van der Waals surface area contributed by atoms with E-state index in [0.717, 1.165) is 25.7 Å². The summed E-state index contributed by atoms with van der Waals surface area (Å²) in [6.07, 6.45) is 3.07. The maximum absolute atomic E-state index is 12.7. The molecule has 0 aromatic heterocycles. The predicted molar refractivity (Wildman–Crippen MR) is 68.3 cm³/mol. The van der Waals surface area contributed by atoms with Crippen LogP contribution in [0.2, 0.25) is 0 Å². The Morgan fingerprint density at radius 1 is 1.32 bits per heavy atom. The minimum Gasteiger partial charge on any atom is -0.484 e. The fourth-order valence-electron chi connectivity index (χ4n) is 2.21. The second kappa shape index (κ2) is 6.52. The second-order valence-electron chi connectivity index (χ2n) is 4.77. The summed E-state index contributed by atoms with van der Waals surface area (Å²) in [5, 5.41) is 12.5. The third-order valence-corrected chi connectivity index (χ3v) is 3.26. The molecule has 19 heavy (non-hydrogen) atoms. The van der Waals surface area contributed by atoms with E-state index < -0.39 is 6.10 Å². The average molecular weight is 267 g/mol. The number of hydrogen-bond donors (Lipinski definition) is 2. The number of hydrogen-bond acceptors (Lipinski definition) is 3. The molecule has 0 bridgehead atoms. The minimum absolute atomic E-state index is 0.130. The Balaban J connectivity index is 1.76. The highest BCUT2D eigenvalue weighted by atomic mass is 19.1. The molecule has 1 aromatic rings. The molecule has 0 unspecified atom stereocenters. The number of benzene rings is 1. The van der Waals surface area contributed by atoms with Crippen molar-refractivity contribution in [2.24, 2.45) is 0 Å². The van der Waals surface area contributed by atoms with E-state index in [-0.39, 0.29) is 24.4 Å². The Morgan fingerprint density at radius 2 is 2.00 bits per heavy atom. The Labute approximate surface area is 111 Å². The molecule has 1 aliphatic rings. The van der Waals surface area contributed by atoms with E-state index in [1.54, 1.807) is 0 Å². The zero-order chi connectivity index (χ0) is 13.7. The summed E-state index contributed by atoms with van der Waals surface area (Å²) in [5.41, 5.74) is 0. The lowest BCUT2D eigenvalue weighted by atomic mass is 9.92. The SMILES string of the molecule is O=C(COc1ccc(F)cc1)N[C@@H]1CCCC[C@H]1O. The first-order valence-electron chi connectivity index (χ1n) is 6.51. The molecular weight excluding hydrogens is 249 g/mol. The normalized spacial score (nSPS) is 22.8. The summed E-state index contributed by atoms with van der Waals surface area (Å²) in [6, 6.07) is 5.31. The van der Waals surface area contributed by atoms with Gasteiger partial charge in [-0.1, -0.05) is 12.8 Å². The Hall–Kier alpha value is -1.62. The number of aliphatic hydroxyl groups is 1. The first-order chi connectivity index (χ1) is 9.15. The molecule has 104 valence electrons. The van der Waals surface area contributed by atoms with Gasteiger partial charge in [0.05, 0.1) is 12.1 Å². The monoisotopic (exact) mass is 267 g/mol. The molecule has 0 heterocycles. The van der Waals surface area contributed by atoms with Crippen molar-refractivity contribution in [2.45, 2.75) is 37.8 Å². The molecular formula is C14H18FNO3. The lowest BCUT2D eigenvalue weighted by molar-refractivity contribution is -0.125. The van der Waals surface area contributed by atoms with Crippen LogP contribution in [0.3, 0.4) is 0 Å². The number of carbonyl (C=O) groups is 1. The van der Waals surface area contributed by atoms with Gasteiger partial charge in [-0.15, -0.1) is 0 Å². The van der Waals surface area contributed by atoms with Gasteiger partial charge in [0, 0.05) is 0 Å². The average Bonchev–Trinajstić information content (AvgIpc) is 2.41. The van der Waals surface area contributed by atoms with Gasteiger partial charge in [-0.05, 0) is 37.1 Å². The maximum Gasteiger partial charge on any atom is 0.258 e. The van der Waals surface area contributed by atoms with Crippen molar-refractivity contribution < 1.29 is 19.0 Å². The first-order valence-corrected chi connectivity index (χ1v) is 6.51. The van der Waals surface area contributed by atoms with Gasteiger partial charge >= 0.3 is 0 Å². The van der Waals surface area contributed by atoms with Crippen molar-refractivity contribution in [1.29, 1.82) is 0 Å². The topological polar surface area (TPSA) is 58.6 Å². The second-order valence-corrected chi connectivity index (χ2v) is 4.77. The summed E-state index contributed by atoms with van der Waals surface area (Å²) in [7, 11) is 0. The van der Waals surface area contributed by atoms with Crippen LogP contribution in [0, 0.1) is 5.82 Å². The van der Waals surface area contributed by atoms with E-state index in [4.69, 9.17) is 4.74 Å². The fraction of sp³-hybridized carbons (Fsp3) is 0.500. The van der Waals surface area contributed by atoms with Crippen molar-refractivity contribution in [3.05, 3.63) is 30.1 Å². The van der Waals surface area contributed by atoms with Crippen LogP contribution < -0.4 is 10.1 Å². The van der Waals surface area contributed by atoms with E-state index in [2.05, 4.69) is 5.32 Å². The molecule has 0 aliphatic heterocycles. The van der Waals surface area contributed by atoms with Crippen molar-refractivity contribution in [2.75, 3.05) is 6.61 Å². The molecule has 2 N–H and O–H groups in total. The first kappa shape index (κ1) is 13.8. The summed E-state index contributed by atoms with van der Waals surface area (Å²) >= 11 is 0. The number of aliphatic hydroxyl groups excluding tert-OH is 1. The Morgan fingerprint density at radius 3 is 2.68 bits per heavy atom. The smallest absolute Gasteiger partial charge is 0.258 e. The van der Waals surface area contributed by atoms with Crippen LogP contribution >= 0.6 is 0 Å². The molecule has 0 spiro atoms. The highest BCUT2D eigenvalue weighted by Crippen LogP contribution is 2.18. The molecule has 2 atom stereocenters. The quantitative estimate of drug-likeness (QED) is 0.871. The van der Waals surface area contributed by atoms with Gasteiger partial charge < -0.3 is 15.2 Å². The van der Waals surface area contributed by atoms with Crippen molar-refractivity contribution in [3.63, 3.8) is 0 Å². The molecule has 1 saturated carbocycles. The van der Waals surface area contributed by atoms with Crippen molar-refractivity contribution in [3.8, 4) is 5.75 Å². The largest absolute Gasteiger partial charge is 0.484 e. The summed E-state index contributed by atoms with van der Waals surface area (Å²) in [4.78, 5) is 11.7. The molecule has 1 amide bonds. The fourth-order valence-corrected chi connectivity index (χ4v) is 2.21. The Kier molecular flexibility index (Phi) is 4.74. The lowest BCUT2D eigenvalue weighted by Crippen LogP contribution is -2.46. The van der Waals surface area contributed by atoms with E-state index in [0.29, 0.717) is 5.75 Å². The van der Waals surface area contributed by atoms with Gasteiger partial charge in [0.2, 0.25) is 0 Å². The third-order valence-electron chi connectivity index (χ3n) is 3.26. The molecule has 1 aromatic carbocycles. The summed E-state index contributed by atoms with van der Waals surface area (Å²) < 4.78 is 17.9. The lowest BCUT2D eigenvalue weighted by Gasteiger charge is -2.28. The highest BCUT2D eigenvalue weighted by molar-refractivity contribution is 5.77. The van der Waals surface area contributed by atoms with Crippen LogP contribution in [0.15, 0.2) is 24.3 Å². The number of carbonyl (C=O) groups excluding carboxylic acids is 1. The summed E-state index contributed by atoms with van der Waals surface area (Å²) in [5.74, 6) is -0.168. The maximum atomic E-state index is 12.7. The van der Waals surface area contributed by atoms with E-state index in [1.807, 2.05) is 0 Å². The zero-order valence-electron chi connectivity index (χ0n) is 10.6. The van der Waals surface area contributed by atoms with Crippen molar-refractivity contribution >= 4 is 5.91 Å². The van der Waals surface area contributed by atoms with E-state index >= 15 is 0 Å². The number of ether oxygens (including phenoxy) is 1. The van der Waals surface area contributed by atoms with E-state index in [1.165, 1.54) is 24.3 Å². The van der Waals surface area contributed by atoms with Crippen LogP contribution in [0.4, 0.5) is 4.39 Å². The highest BCUT2D eigenvalue weighted by Gasteiger charge is 2.24. The predicted octanol–water partition coefficient (Wildman–Crippen LogP) is 1.62. The van der Waals surface area contributed by atoms with Crippen LogP contribution in [0.1, 0.15) is 25.7 Å². The molecule has 4 nitrogen and oxygen atoms in total. The van der Waals surface area contributed by atoms with Crippen LogP contribution in [0.25, 0.3) is 0 Å². The molecule has 2 rings (SSSR count).